The lowest BCUT2D eigenvalue weighted by atomic mass is 10.1. The number of nitrogen functional groups attached to an aromatic ring is 1. The lowest BCUT2D eigenvalue weighted by Crippen LogP contribution is -2.26. The zero-order chi connectivity index (χ0) is 14.5. The van der Waals surface area contributed by atoms with Crippen LogP contribution in [0.25, 0.3) is 0 Å². The molecule has 104 valence electrons. The Hall–Kier alpha value is -2.07. The van der Waals surface area contributed by atoms with Gasteiger partial charge >= 0.3 is 0 Å². The fourth-order valence-corrected chi connectivity index (χ4v) is 2.39. The third kappa shape index (κ3) is 3.08. The first-order valence-corrected chi connectivity index (χ1v) is 6.78. The Bertz CT molecular complexity index is 598. The predicted molar refractivity (Wildman–Crippen MR) is 83.4 cm³/mol. The maximum atomic E-state index is 7.72. The summed E-state index contributed by atoms with van der Waals surface area (Å²) in [4.78, 5) is 6.15. The Morgan fingerprint density at radius 3 is 2.60 bits per heavy atom. The SMILES string of the molecule is CCN(Cc1ccncc1)c1cccc(Cl)c1C(=N)N. The van der Waals surface area contributed by atoms with Gasteiger partial charge in [-0.1, -0.05) is 17.7 Å². The van der Waals surface area contributed by atoms with Crippen LogP contribution in [0, 0.1) is 5.41 Å². The average Bonchev–Trinajstić information content (AvgIpc) is 2.45. The first kappa shape index (κ1) is 14.3. The molecule has 2 aromatic rings. The molecule has 0 fully saturated rings. The molecule has 3 N–H and O–H groups in total. The van der Waals surface area contributed by atoms with E-state index in [2.05, 4.69) is 16.8 Å². The zero-order valence-electron chi connectivity index (χ0n) is 11.3. The largest absolute Gasteiger partial charge is 0.384 e. The van der Waals surface area contributed by atoms with Crippen LogP contribution in [0.2, 0.25) is 5.02 Å². The van der Waals surface area contributed by atoms with Crippen molar-refractivity contribution < 1.29 is 0 Å². The Kier molecular flexibility index (Phi) is 4.58. The van der Waals surface area contributed by atoms with Crippen molar-refractivity contribution in [3.8, 4) is 0 Å². The Balaban J connectivity index is 2.37. The van der Waals surface area contributed by atoms with E-state index in [1.165, 1.54) is 0 Å². The fourth-order valence-electron chi connectivity index (χ4n) is 2.12. The summed E-state index contributed by atoms with van der Waals surface area (Å²) in [5, 5.41) is 8.22. The van der Waals surface area contributed by atoms with E-state index >= 15 is 0 Å². The summed E-state index contributed by atoms with van der Waals surface area (Å²) in [6, 6.07) is 9.51. The minimum Gasteiger partial charge on any atom is -0.384 e. The van der Waals surface area contributed by atoms with Crippen molar-refractivity contribution in [2.24, 2.45) is 5.73 Å². The van der Waals surface area contributed by atoms with Crippen molar-refractivity contribution in [2.45, 2.75) is 13.5 Å². The molecule has 5 heteroatoms. The number of nitrogens with two attached hydrogens (primary N) is 1. The van der Waals surface area contributed by atoms with Crippen LogP contribution in [0.15, 0.2) is 42.7 Å². The van der Waals surface area contributed by atoms with Crippen LogP contribution in [0.3, 0.4) is 0 Å². The van der Waals surface area contributed by atoms with Gasteiger partial charge in [-0.2, -0.15) is 0 Å². The smallest absolute Gasteiger partial charge is 0.126 e. The van der Waals surface area contributed by atoms with Gasteiger partial charge in [0, 0.05) is 31.2 Å². The van der Waals surface area contributed by atoms with Crippen molar-refractivity contribution in [3.05, 3.63) is 58.9 Å². The molecule has 0 amide bonds. The van der Waals surface area contributed by atoms with Crippen molar-refractivity contribution in [2.75, 3.05) is 11.4 Å². The van der Waals surface area contributed by atoms with Gasteiger partial charge in [-0.25, -0.2) is 0 Å². The third-order valence-corrected chi connectivity index (χ3v) is 3.42. The first-order valence-electron chi connectivity index (χ1n) is 6.40. The molecule has 0 atom stereocenters. The van der Waals surface area contributed by atoms with E-state index in [1.54, 1.807) is 18.5 Å². The summed E-state index contributed by atoms with van der Waals surface area (Å²) in [6.07, 6.45) is 3.54. The van der Waals surface area contributed by atoms with Crippen LogP contribution in [0.5, 0.6) is 0 Å². The van der Waals surface area contributed by atoms with E-state index in [-0.39, 0.29) is 5.84 Å². The fraction of sp³-hybridized carbons (Fsp3) is 0.200. The number of halogens is 1. The van der Waals surface area contributed by atoms with Crippen molar-refractivity contribution in [3.63, 3.8) is 0 Å². The molecule has 0 unspecified atom stereocenters. The van der Waals surface area contributed by atoms with Crippen LogP contribution in [0.4, 0.5) is 5.69 Å². The van der Waals surface area contributed by atoms with Crippen LogP contribution in [-0.4, -0.2) is 17.4 Å². The van der Waals surface area contributed by atoms with E-state index in [0.717, 1.165) is 24.3 Å². The summed E-state index contributed by atoms with van der Waals surface area (Å²) in [5.41, 5.74) is 8.28. The second kappa shape index (κ2) is 6.39. The molecule has 4 nitrogen and oxygen atoms in total. The van der Waals surface area contributed by atoms with Gasteiger partial charge < -0.3 is 10.6 Å². The Morgan fingerprint density at radius 1 is 1.30 bits per heavy atom. The highest BCUT2D eigenvalue weighted by molar-refractivity contribution is 6.34. The number of hydrogen-bond acceptors (Lipinski definition) is 3. The molecule has 20 heavy (non-hydrogen) atoms. The lowest BCUT2D eigenvalue weighted by molar-refractivity contribution is 0.829. The zero-order valence-corrected chi connectivity index (χ0v) is 12.1. The average molecular weight is 289 g/mol. The third-order valence-electron chi connectivity index (χ3n) is 3.11. The van der Waals surface area contributed by atoms with Gasteiger partial charge in [-0.3, -0.25) is 10.4 Å². The van der Waals surface area contributed by atoms with Crippen molar-refractivity contribution >= 4 is 23.1 Å². The van der Waals surface area contributed by atoms with Gasteiger partial charge in [0.05, 0.1) is 10.6 Å². The van der Waals surface area contributed by atoms with Gasteiger partial charge in [0.1, 0.15) is 5.84 Å². The second-order valence-electron chi connectivity index (χ2n) is 4.42. The standard InChI is InChI=1S/C15H17ClN4/c1-2-20(10-11-6-8-19-9-7-11)13-5-3-4-12(16)14(13)15(17)18/h3-9H,2,10H2,1H3,(H3,17,18). The number of hydrogen-bond donors (Lipinski definition) is 2. The number of nitrogens with one attached hydrogen (secondary N) is 1. The number of anilines is 1. The van der Waals surface area contributed by atoms with Crippen LogP contribution in [-0.2, 0) is 6.54 Å². The highest BCUT2D eigenvalue weighted by Gasteiger charge is 2.15. The molecule has 1 aromatic carbocycles. The van der Waals surface area contributed by atoms with Crippen molar-refractivity contribution in [1.29, 1.82) is 5.41 Å². The van der Waals surface area contributed by atoms with E-state index in [0.29, 0.717) is 10.6 Å². The highest BCUT2D eigenvalue weighted by Crippen LogP contribution is 2.28. The number of nitrogens with zero attached hydrogens (tertiary/aromatic N) is 2. The molecule has 0 aliphatic rings. The monoisotopic (exact) mass is 288 g/mol. The quantitative estimate of drug-likeness (QED) is 0.656. The summed E-state index contributed by atoms with van der Waals surface area (Å²) in [5.74, 6) is -0.0150. The topological polar surface area (TPSA) is 66.0 Å². The predicted octanol–water partition coefficient (Wildman–Crippen LogP) is 3.05. The number of rotatable bonds is 5. The molecule has 0 aliphatic heterocycles. The lowest BCUT2D eigenvalue weighted by Gasteiger charge is -2.26. The second-order valence-corrected chi connectivity index (χ2v) is 4.82. The summed E-state index contributed by atoms with van der Waals surface area (Å²) in [7, 11) is 0. The van der Waals surface area contributed by atoms with E-state index < -0.39 is 0 Å². The van der Waals surface area contributed by atoms with Crippen molar-refractivity contribution in [1.82, 2.24) is 4.98 Å². The molecule has 1 heterocycles. The highest BCUT2D eigenvalue weighted by atomic mass is 35.5. The van der Waals surface area contributed by atoms with Gasteiger partial charge in [-0.15, -0.1) is 0 Å². The first-order chi connectivity index (χ1) is 9.63. The van der Waals surface area contributed by atoms with Crippen LogP contribution in [0.1, 0.15) is 18.1 Å². The van der Waals surface area contributed by atoms with Gasteiger partial charge in [0.2, 0.25) is 0 Å². The molecule has 0 aliphatic carbocycles. The molecule has 0 saturated carbocycles. The Morgan fingerprint density at radius 2 is 2.00 bits per heavy atom. The van der Waals surface area contributed by atoms with Crippen LogP contribution < -0.4 is 10.6 Å². The molecule has 0 saturated heterocycles. The maximum Gasteiger partial charge on any atom is 0.126 e. The molecule has 1 aromatic heterocycles. The molecule has 0 radical (unpaired) electrons. The summed E-state index contributed by atoms with van der Waals surface area (Å²) < 4.78 is 0. The summed E-state index contributed by atoms with van der Waals surface area (Å²) in [6.45, 7) is 3.58. The number of aromatic nitrogens is 1. The molecular formula is C15H17ClN4. The van der Waals surface area contributed by atoms with Gasteiger partial charge in [0.25, 0.3) is 0 Å². The van der Waals surface area contributed by atoms with E-state index in [9.17, 15) is 0 Å². The molecular weight excluding hydrogens is 272 g/mol. The number of amidine groups is 1. The molecule has 0 spiro atoms. The minimum absolute atomic E-state index is 0.0150. The molecule has 0 bridgehead atoms. The summed E-state index contributed by atoms with van der Waals surface area (Å²) >= 11 is 6.17. The molecule has 2 rings (SSSR count). The Labute approximate surface area is 123 Å². The van der Waals surface area contributed by atoms with Crippen LogP contribution >= 0.6 is 11.6 Å². The number of benzene rings is 1. The normalized spacial score (nSPS) is 10.3. The van der Waals surface area contributed by atoms with E-state index in [1.807, 2.05) is 24.3 Å². The maximum absolute atomic E-state index is 7.72. The van der Waals surface area contributed by atoms with Gasteiger partial charge in [-0.05, 0) is 36.8 Å². The van der Waals surface area contributed by atoms with Gasteiger partial charge in [0.15, 0.2) is 0 Å². The number of pyridine rings is 1. The van der Waals surface area contributed by atoms with E-state index in [4.69, 9.17) is 22.7 Å². The minimum atomic E-state index is -0.0150.